The first-order valence-electron chi connectivity index (χ1n) is 6.99. The van der Waals surface area contributed by atoms with Gasteiger partial charge in [0.2, 0.25) is 0 Å². The first-order valence-corrected chi connectivity index (χ1v) is 8.11. The molecule has 20 heavy (non-hydrogen) atoms. The molecule has 0 heterocycles. The van der Waals surface area contributed by atoms with Gasteiger partial charge in [-0.3, -0.25) is 4.79 Å². The molecule has 1 aromatic rings. The number of hydrogen-bond acceptors (Lipinski definition) is 2. The maximum absolute atomic E-state index is 13.8. The number of nitrogens with zero attached hydrogens (tertiary/aromatic N) is 1. The number of amides is 1. The molecule has 3 nitrogen and oxygen atoms in total. The number of phenolic OH excluding ortho intramolecular Hbond substituents is 1. The van der Waals surface area contributed by atoms with Gasteiger partial charge >= 0.3 is 0 Å². The van der Waals surface area contributed by atoms with Crippen molar-refractivity contribution in [1.82, 2.24) is 4.90 Å². The number of carbonyl (C=O) groups is 1. The highest BCUT2D eigenvalue weighted by molar-refractivity contribution is 9.09. The Bertz CT molecular complexity index is 475. The minimum atomic E-state index is -0.662. The number of hydrogen-bond donors (Lipinski definition) is 1. The molecule has 1 aromatic carbocycles. The molecule has 0 aromatic heterocycles. The zero-order chi connectivity index (χ0) is 14.5. The summed E-state index contributed by atoms with van der Waals surface area (Å²) < 4.78 is 13.8. The molecule has 0 spiro atoms. The standard InChI is InChI=1S/C15H19BrFNO2/c16-8-9-18(11-4-2-1-3-5-11)15(20)13-7-6-12(19)10-14(13)17/h6-7,10-11,19H,1-5,8-9H2. The Morgan fingerprint density at radius 3 is 2.65 bits per heavy atom. The molecule has 1 saturated carbocycles. The van der Waals surface area contributed by atoms with Crippen molar-refractivity contribution < 1.29 is 14.3 Å². The van der Waals surface area contributed by atoms with Crippen LogP contribution in [0.2, 0.25) is 0 Å². The van der Waals surface area contributed by atoms with Gasteiger partial charge in [0.25, 0.3) is 5.91 Å². The maximum atomic E-state index is 13.8. The normalized spacial score (nSPS) is 16.1. The summed E-state index contributed by atoms with van der Waals surface area (Å²) >= 11 is 3.36. The second kappa shape index (κ2) is 7.07. The molecule has 110 valence electrons. The van der Waals surface area contributed by atoms with Crippen molar-refractivity contribution in [3.05, 3.63) is 29.6 Å². The lowest BCUT2D eigenvalue weighted by Gasteiger charge is -2.34. The van der Waals surface area contributed by atoms with Crippen molar-refractivity contribution in [3.8, 4) is 5.75 Å². The van der Waals surface area contributed by atoms with Gasteiger partial charge in [-0.15, -0.1) is 0 Å². The number of carbonyl (C=O) groups excluding carboxylic acids is 1. The van der Waals surface area contributed by atoms with Gasteiger partial charge in [-0.2, -0.15) is 0 Å². The van der Waals surface area contributed by atoms with E-state index >= 15 is 0 Å². The van der Waals surface area contributed by atoms with Crippen molar-refractivity contribution in [2.75, 3.05) is 11.9 Å². The van der Waals surface area contributed by atoms with Crippen molar-refractivity contribution >= 4 is 21.8 Å². The monoisotopic (exact) mass is 343 g/mol. The van der Waals surface area contributed by atoms with Crippen LogP contribution in [0.25, 0.3) is 0 Å². The van der Waals surface area contributed by atoms with Gasteiger partial charge in [0.05, 0.1) is 5.56 Å². The van der Waals surface area contributed by atoms with Crippen LogP contribution in [0.15, 0.2) is 18.2 Å². The molecule has 5 heteroatoms. The van der Waals surface area contributed by atoms with Crippen LogP contribution < -0.4 is 0 Å². The SMILES string of the molecule is O=C(c1ccc(O)cc1F)N(CCBr)C1CCCCC1. The van der Waals surface area contributed by atoms with Gasteiger partial charge in [0.15, 0.2) is 0 Å². The summed E-state index contributed by atoms with van der Waals surface area (Å²) in [6, 6.07) is 3.89. The molecule has 1 N–H and O–H groups in total. The van der Waals surface area contributed by atoms with E-state index in [1.165, 1.54) is 18.6 Å². The molecule has 1 aliphatic rings. The Kier molecular flexibility index (Phi) is 5.40. The van der Waals surface area contributed by atoms with Crippen LogP contribution in [0, 0.1) is 5.82 Å². The Labute approximate surface area is 126 Å². The van der Waals surface area contributed by atoms with Crippen LogP contribution >= 0.6 is 15.9 Å². The highest BCUT2D eigenvalue weighted by atomic mass is 79.9. The van der Waals surface area contributed by atoms with E-state index in [-0.39, 0.29) is 23.3 Å². The van der Waals surface area contributed by atoms with Gasteiger partial charge in [-0.1, -0.05) is 35.2 Å². The Morgan fingerprint density at radius 1 is 1.35 bits per heavy atom. The van der Waals surface area contributed by atoms with Crippen LogP contribution in [-0.4, -0.2) is 33.8 Å². The molecule has 1 amide bonds. The topological polar surface area (TPSA) is 40.5 Å². The minimum Gasteiger partial charge on any atom is -0.508 e. The maximum Gasteiger partial charge on any atom is 0.257 e. The van der Waals surface area contributed by atoms with E-state index in [1.807, 2.05) is 0 Å². The fourth-order valence-electron chi connectivity index (χ4n) is 2.77. The highest BCUT2D eigenvalue weighted by Crippen LogP contribution is 2.25. The van der Waals surface area contributed by atoms with E-state index in [0.717, 1.165) is 31.7 Å². The zero-order valence-electron chi connectivity index (χ0n) is 11.3. The van der Waals surface area contributed by atoms with Crippen LogP contribution in [0.1, 0.15) is 42.5 Å². The van der Waals surface area contributed by atoms with Crippen LogP contribution in [0.4, 0.5) is 4.39 Å². The van der Waals surface area contributed by atoms with E-state index < -0.39 is 5.82 Å². The summed E-state index contributed by atoms with van der Waals surface area (Å²) in [7, 11) is 0. The smallest absolute Gasteiger partial charge is 0.257 e. The molecule has 0 unspecified atom stereocenters. The summed E-state index contributed by atoms with van der Waals surface area (Å²) in [5.74, 6) is -1.11. The molecule has 0 aliphatic heterocycles. The number of aromatic hydroxyl groups is 1. The molecule has 0 saturated heterocycles. The third kappa shape index (κ3) is 3.51. The highest BCUT2D eigenvalue weighted by Gasteiger charge is 2.27. The first kappa shape index (κ1) is 15.3. The average Bonchev–Trinajstić information content (AvgIpc) is 2.45. The number of rotatable bonds is 4. The summed E-state index contributed by atoms with van der Waals surface area (Å²) in [5.41, 5.74) is 0.0364. The zero-order valence-corrected chi connectivity index (χ0v) is 12.9. The Balaban J connectivity index is 2.21. The third-order valence-corrected chi connectivity index (χ3v) is 4.14. The molecule has 0 atom stereocenters. The van der Waals surface area contributed by atoms with E-state index in [1.54, 1.807) is 4.90 Å². The number of alkyl halides is 1. The van der Waals surface area contributed by atoms with Crippen molar-refractivity contribution in [3.63, 3.8) is 0 Å². The molecule has 0 bridgehead atoms. The largest absolute Gasteiger partial charge is 0.508 e. The van der Waals surface area contributed by atoms with Gasteiger partial charge < -0.3 is 10.0 Å². The van der Waals surface area contributed by atoms with Gasteiger partial charge in [0.1, 0.15) is 11.6 Å². The summed E-state index contributed by atoms with van der Waals surface area (Å²) in [6.45, 7) is 0.573. The molecule has 1 aliphatic carbocycles. The summed E-state index contributed by atoms with van der Waals surface area (Å²) in [4.78, 5) is 14.3. The number of benzene rings is 1. The Hall–Kier alpha value is -1.10. The second-order valence-electron chi connectivity index (χ2n) is 5.14. The van der Waals surface area contributed by atoms with Crippen LogP contribution in [-0.2, 0) is 0 Å². The summed E-state index contributed by atoms with van der Waals surface area (Å²) in [6.07, 6.45) is 5.42. The van der Waals surface area contributed by atoms with E-state index in [2.05, 4.69) is 15.9 Å². The molecular formula is C15H19BrFNO2. The lowest BCUT2D eigenvalue weighted by Crippen LogP contribution is -2.42. The van der Waals surface area contributed by atoms with E-state index in [4.69, 9.17) is 0 Å². The molecular weight excluding hydrogens is 325 g/mol. The third-order valence-electron chi connectivity index (χ3n) is 3.78. The minimum absolute atomic E-state index is 0.0364. The van der Waals surface area contributed by atoms with Crippen LogP contribution in [0.3, 0.4) is 0 Å². The molecule has 1 fully saturated rings. The fraction of sp³-hybridized carbons (Fsp3) is 0.533. The fourth-order valence-corrected chi connectivity index (χ4v) is 3.15. The summed E-state index contributed by atoms with van der Waals surface area (Å²) in [5, 5.41) is 9.91. The van der Waals surface area contributed by atoms with Gasteiger partial charge in [-0.25, -0.2) is 4.39 Å². The van der Waals surface area contributed by atoms with Crippen molar-refractivity contribution in [2.24, 2.45) is 0 Å². The quantitative estimate of drug-likeness (QED) is 0.846. The lowest BCUT2D eigenvalue weighted by atomic mass is 9.93. The second-order valence-corrected chi connectivity index (χ2v) is 5.94. The average molecular weight is 344 g/mol. The number of phenols is 1. The molecule has 2 rings (SSSR count). The lowest BCUT2D eigenvalue weighted by molar-refractivity contribution is 0.0646. The van der Waals surface area contributed by atoms with Gasteiger partial charge in [-0.05, 0) is 25.0 Å². The van der Waals surface area contributed by atoms with Gasteiger partial charge in [0, 0.05) is 24.0 Å². The molecule has 0 radical (unpaired) electrons. The number of halogens is 2. The Morgan fingerprint density at radius 2 is 2.05 bits per heavy atom. The van der Waals surface area contributed by atoms with Crippen molar-refractivity contribution in [1.29, 1.82) is 0 Å². The van der Waals surface area contributed by atoms with E-state index in [9.17, 15) is 14.3 Å². The first-order chi connectivity index (χ1) is 9.63. The van der Waals surface area contributed by atoms with E-state index in [0.29, 0.717) is 11.9 Å². The predicted octanol–water partition coefficient (Wildman–Crippen LogP) is 3.70. The predicted molar refractivity (Wildman–Crippen MR) is 79.8 cm³/mol. The van der Waals surface area contributed by atoms with Crippen molar-refractivity contribution in [2.45, 2.75) is 38.1 Å². The van der Waals surface area contributed by atoms with Crippen LogP contribution in [0.5, 0.6) is 5.75 Å².